The first-order valence-corrected chi connectivity index (χ1v) is 9.04. The Balaban J connectivity index is 1.43. The van der Waals surface area contributed by atoms with Crippen molar-refractivity contribution in [2.75, 3.05) is 50.8 Å². The number of anilines is 1. The first-order chi connectivity index (χ1) is 11.6. The Bertz CT molecular complexity index is 562. The van der Waals surface area contributed by atoms with E-state index in [9.17, 15) is 4.79 Å². The first kappa shape index (κ1) is 17.2. The molecule has 3 rings (SSSR count). The van der Waals surface area contributed by atoms with Gasteiger partial charge in [-0.2, -0.15) is 0 Å². The van der Waals surface area contributed by atoms with Crippen LogP contribution in [0, 0.1) is 13.8 Å². The molecule has 1 aromatic carbocycles. The fourth-order valence-electron chi connectivity index (χ4n) is 3.50. The van der Waals surface area contributed by atoms with E-state index in [1.54, 1.807) is 0 Å². The van der Waals surface area contributed by atoms with Gasteiger partial charge in [-0.05, 0) is 43.9 Å². The molecule has 0 saturated carbocycles. The van der Waals surface area contributed by atoms with E-state index in [2.05, 4.69) is 47.2 Å². The predicted molar refractivity (Wildman–Crippen MR) is 96.6 cm³/mol. The number of benzene rings is 1. The third kappa shape index (κ3) is 4.48. The first-order valence-electron chi connectivity index (χ1n) is 9.04. The molecule has 1 unspecified atom stereocenters. The minimum absolute atomic E-state index is 0.116. The molecule has 5 heteroatoms. The van der Waals surface area contributed by atoms with E-state index < -0.39 is 0 Å². The second kappa shape index (κ2) is 7.99. The molecule has 2 saturated heterocycles. The molecule has 1 atom stereocenters. The summed E-state index contributed by atoms with van der Waals surface area (Å²) in [5.74, 6) is 0.116. The number of hydrogen-bond donors (Lipinski definition) is 1. The second-order valence-corrected chi connectivity index (χ2v) is 6.99. The number of hydrogen-bond acceptors (Lipinski definition) is 4. The van der Waals surface area contributed by atoms with E-state index in [1.807, 2.05) is 0 Å². The molecule has 0 spiro atoms. The molecule has 1 aromatic rings. The van der Waals surface area contributed by atoms with E-state index >= 15 is 0 Å². The van der Waals surface area contributed by atoms with Gasteiger partial charge >= 0.3 is 0 Å². The summed E-state index contributed by atoms with van der Waals surface area (Å²) in [4.78, 5) is 16.8. The van der Waals surface area contributed by atoms with Crippen molar-refractivity contribution >= 4 is 11.6 Å². The highest BCUT2D eigenvalue weighted by atomic mass is 16.5. The van der Waals surface area contributed by atoms with Crippen molar-refractivity contribution in [2.45, 2.75) is 32.8 Å². The smallest absolute Gasteiger partial charge is 0.234 e. The summed E-state index contributed by atoms with van der Waals surface area (Å²) < 4.78 is 5.54. The molecular formula is C19H29N3O2. The maximum Gasteiger partial charge on any atom is 0.234 e. The van der Waals surface area contributed by atoms with Gasteiger partial charge in [0.15, 0.2) is 0 Å². The summed E-state index contributed by atoms with van der Waals surface area (Å²) in [7, 11) is 0. The van der Waals surface area contributed by atoms with Crippen molar-refractivity contribution < 1.29 is 9.53 Å². The molecule has 1 N–H and O–H groups in total. The number of piperazine rings is 1. The lowest BCUT2D eigenvalue weighted by atomic mass is 10.1. The van der Waals surface area contributed by atoms with Crippen LogP contribution in [-0.2, 0) is 9.53 Å². The molecular weight excluding hydrogens is 302 g/mol. The largest absolute Gasteiger partial charge is 0.376 e. The summed E-state index contributed by atoms with van der Waals surface area (Å²) in [6.45, 7) is 10.1. The van der Waals surface area contributed by atoms with E-state index in [4.69, 9.17) is 4.74 Å². The molecule has 5 nitrogen and oxygen atoms in total. The number of nitrogens with one attached hydrogen (secondary N) is 1. The Hall–Kier alpha value is -1.59. The van der Waals surface area contributed by atoms with E-state index in [-0.39, 0.29) is 12.0 Å². The number of amides is 1. The normalized spacial score (nSPS) is 21.9. The fraction of sp³-hybridized carbons (Fsp3) is 0.632. The third-order valence-electron chi connectivity index (χ3n) is 5.00. The molecule has 2 fully saturated rings. The summed E-state index contributed by atoms with van der Waals surface area (Å²) in [5, 5.41) is 3.01. The van der Waals surface area contributed by atoms with Gasteiger partial charge in [-0.25, -0.2) is 0 Å². The minimum atomic E-state index is 0.116. The van der Waals surface area contributed by atoms with Gasteiger partial charge in [-0.1, -0.05) is 12.1 Å². The van der Waals surface area contributed by atoms with Crippen LogP contribution in [0.1, 0.15) is 24.0 Å². The monoisotopic (exact) mass is 331 g/mol. The molecule has 1 amide bonds. The number of carbonyl (C=O) groups excluding carboxylic acids is 1. The number of nitrogens with zero attached hydrogens (tertiary/aromatic N) is 2. The van der Waals surface area contributed by atoms with Gasteiger partial charge in [0.2, 0.25) is 5.91 Å². The zero-order valence-corrected chi connectivity index (χ0v) is 14.9. The SMILES string of the molecule is Cc1ccc(C)c(N2CCN(CC(=O)NCC3CCCO3)CC2)c1. The quantitative estimate of drug-likeness (QED) is 0.892. The number of rotatable bonds is 5. The van der Waals surface area contributed by atoms with Crippen LogP contribution in [0.3, 0.4) is 0 Å². The van der Waals surface area contributed by atoms with Gasteiger partial charge in [0, 0.05) is 45.0 Å². The van der Waals surface area contributed by atoms with Crippen LogP contribution in [0.5, 0.6) is 0 Å². The lowest BCUT2D eigenvalue weighted by molar-refractivity contribution is -0.122. The third-order valence-corrected chi connectivity index (χ3v) is 5.00. The van der Waals surface area contributed by atoms with Gasteiger partial charge in [0.25, 0.3) is 0 Å². The molecule has 24 heavy (non-hydrogen) atoms. The molecule has 2 aliphatic rings. The zero-order valence-electron chi connectivity index (χ0n) is 14.9. The number of ether oxygens (including phenoxy) is 1. The molecule has 0 aliphatic carbocycles. The van der Waals surface area contributed by atoms with Crippen molar-refractivity contribution in [3.8, 4) is 0 Å². The molecule has 2 heterocycles. The van der Waals surface area contributed by atoms with Gasteiger partial charge < -0.3 is 15.0 Å². The topological polar surface area (TPSA) is 44.8 Å². The summed E-state index contributed by atoms with van der Waals surface area (Å²) in [6.07, 6.45) is 2.39. The van der Waals surface area contributed by atoms with Crippen LogP contribution < -0.4 is 10.2 Å². The Morgan fingerprint density at radius 1 is 1.25 bits per heavy atom. The summed E-state index contributed by atoms with van der Waals surface area (Å²) in [6, 6.07) is 6.61. The van der Waals surface area contributed by atoms with Crippen molar-refractivity contribution in [3.05, 3.63) is 29.3 Å². The van der Waals surface area contributed by atoms with Crippen LogP contribution in [0.15, 0.2) is 18.2 Å². The van der Waals surface area contributed by atoms with Crippen LogP contribution in [0.4, 0.5) is 5.69 Å². The standard InChI is InChI=1S/C19H29N3O2/c1-15-5-6-16(2)18(12-15)22-9-7-21(8-10-22)14-19(23)20-13-17-4-3-11-24-17/h5-6,12,17H,3-4,7-11,13-14H2,1-2H3,(H,20,23). The van der Waals surface area contributed by atoms with Crippen LogP contribution in [0.25, 0.3) is 0 Å². The predicted octanol–water partition coefficient (Wildman–Crippen LogP) is 1.72. The van der Waals surface area contributed by atoms with Crippen LogP contribution in [-0.4, -0.2) is 62.8 Å². The maximum absolute atomic E-state index is 12.1. The molecule has 132 valence electrons. The van der Waals surface area contributed by atoms with Crippen LogP contribution in [0.2, 0.25) is 0 Å². The highest BCUT2D eigenvalue weighted by Gasteiger charge is 2.21. The zero-order chi connectivity index (χ0) is 16.9. The van der Waals surface area contributed by atoms with Gasteiger partial charge in [-0.3, -0.25) is 9.69 Å². The summed E-state index contributed by atoms with van der Waals surface area (Å²) in [5.41, 5.74) is 3.95. The maximum atomic E-state index is 12.1. The van der Waals surface area contributed by atoms with Crippen LogP contribution >= 0.6 is 0 Å². The minimum Gasteiger partial charge on any atom is -0.376 e. The van der Waals surface area contributed by atoms with Gasteiger partial charge in [-0.15, -0.1) is 0 Å². The van der Waals surface area contributed by atoms with Crippen molar-refractivity contribution in [3.63, 3.8) is 0 Å². The van der Waals surface area contributed by atoms with Gasteiger partial charge in [0.1, 0.15) is 0 Å². The summed E-state index contributed by atoms with van der Waals surface area (Å²) >= 11 is 0. The second-order valence-electron chi connectivity index (χ2n) is 6.99. The number of carbonyl (C=O) groups is 1. The van der Waals surface area contributed by atoms with Gasteiger partial charge in [0.05, 0.1) is 12.6 Å². The van der Waals surface area contributed by atoms with E-state index in [0.717, 1.165) is 45.6 Å². The number of aryl methyl sites for hydroxylation is 2. The van der Waals surface area contributed by atoms with Crippen molar-refractivity contribution in [1.82, 2.24) is 10.2 Å². The molecule has 0 aromatic heterocycles. The highest BCUT2D eigenvalue weighted by Crippen LogP contribution is 2.22. The van der Waals surface area contributed by atoms with Crippen molar-refractivity contribution in [2.24, 2.45) is 0 Å². The van der Waals surface area contributed by atoms with E-state index in [1.165, 1.54) is 16.8 Å². The molecule has 0 radical (unpaired) electrons. The average molecular weight is 331 g/mol. The lowest BCUT2D eigenvalue weighted by Crippen LogP contribution is -2.50. The van der Waals surface area contributed by atoms with Crippen molar-refractivity contribution in [1.29, 1.82) is 0 Å². The fourth-order valence-corrected chi connectivity index (χ4v) is 3.50. The average Bonchev–Trinajstić information content (AvgIpc) is 3.10. The Morgan fingerprint density at radius 2 is 2.04 bits per heavy atom. The Kier molecular flexibility index (Phi) is 5.74. The Morgan fingerprint density at radius 3 is 2.75 bits per heavy atom. The van der Waals surface area contributed by atoms with E-state index in [0.29, 0.717) is 13.1 Å². The lowest BCUT2D eigenvalue weighted by Gasteiger charge is -2.36. The molecule has 0 bridgehead atoms. The molecule has 2 aliphatic heterocycles. The Labute approximate surface area is 145 Å². The highest BCUT2D eigenvalue weighted by molar-refractivity contribution is 5.78.